The Morgan fingerprint density at radius 2 is 2.00 bits per heavy atom. The largest absolute Gasteiger partial charge is 0.495 e. The van der Waals surface area contributed by atoms with Crippen molar-refractivity contribution in [1.82, 2.24) is 0 Å². The van der Waals surface area contributed by atoms with Crippen LogP contribution in [-0.4, -0.2) is 34.5 Å². The molecule has 19 heavy (non-hydrogen) atoms. The number of unbranched alkanes of at least 4 members (excludes halogenated alkanes) is 1. The first-order valence-electron chi connectivity index (χ1n) is 6.25. The third-order valence-electron chi connectivity index (χ3n) is 2.66. The zero-order chi connectivity index (χ0) is 14.3. The Labute approximate surface area is 114 Å². The van der Waals surface area contributed by atoms with E-state index in [9.17, 15) is 8.42 Å². The predicted octanol–water partition coefficient (Wildman–Crippen LogP) is 1.87. The fraction of sp³-hybridized carbons (Fsp3) is 0.538. The van der Waals surface area contributed by atoms with Crippen molar-refractivity contribution < 1.29 is 17.9 Å². The quantitative estimate of drug-likeness (QED) is 0.583. The molecule has 0 aliphatic carbocycles. The number of methoxy groups -OCH3 is 1. The highest BCUT2D eigenvalue weighted by atomic mass is 32.2. The lowest BCUT2D eigenvalue weighted by molar-refractivity contribution is 0.146. The van der Waals surface area contributed by atoms with Crippen molar-refractivity contribution in [2.75, 3.05) is 31.8 Å². The molecule has 5 nitrogen and oxygen atoms in total. The molecule has 0 amide bonds. The maximum atomic E-state index is 12.2. The van der Waals surface area contributed by atoms with E-state index in [1.807, 2.05) is 0 Å². The van der Waals surface area contributed by atoms with Gasteiger partial charge in [-0.3, -0.25) is 0 Å². The number of nitrogen functional groups attached to an aromatic ring is 1. The van der Waals surface area contributed by atoms with Gasteiger partial charge in [0.05, 0.1) is 19.5 Å². The number of anilines is 1. The van der Waals surface area contributed by atoms with Gasteiger partial charge >= 0.3 is 0 Å². The van der Waals surface area contributed by atoms with E-state index in [2.05, 4.69) is 6.92 Å². The average Bonchev–Trinajstić information content (AvgIpc) is 2.38. The van der Waals surface area contributed by atoms with Crippen LogP contribution >= 0.6 is 0 Å². The minimum atomic E-state index is -3.41. The van der Waals surface area contributed by atoms with E-state index < -0.39 is 9.84 Å². The molecule has 0 spiro atoms. The standard InChI is InChI=1S/C13H21NO4S/c1-3-4-7-18-8-9-19(15,16)13-6-5-11(14)10-12(13)17-2/h5-6,10H,3-4,7-9,14H2,1-2H3. The van der Waals surface area contributed by atoms with E-state index in [0.717, 1.165) is 12.8 Å². The molecule has 0 aromatic heterocycles. The third-order valence-corrected chi connectivity index (χ3v) is 4.37. The average molecular weight is 287 g/mol. The van der Waals surface area contributed by atoms with Gasteiger partial charge < -0.3 is 15.2 Å². The van der Waals surface area contributed by atoms with E-state index in [4.69, 9.17) is 15.2 Å². The summed E-state index contributed by atoms with van der Waals surface area (Å²) in [6, 6.07) is 4.52. The lowest BCUT2D eigenvalue weighted by atomic mass is 10.3. The van der Waals surface area contributed by atoms with Crippen LogP contribution in [0, 0.1) is 0 Å². The monoisotopic (exact) mass is 287 g/mol. The zero-order valence-corrected chi connectivity index (χ0v) is 12.2. The van der Waals surface area contributed by atoms with E-state index in [-0.39, 0.29) is 23.0 Å². The molecule has 0 saturated carbocycles. The Bertz CT molecular complexity index is 499. The van der Waals surface area contributed by atoms with E-state index in [1.165, 1.54) is 19.2 Å². The number of rotatable bonds is 8. The maximum absolute atomic E-state index is 12.2. The summed E-state index contributed by atoms with van der Waals surface area (Å²) in [5.74, 6) is 0.213. The molecule has 1 aromatic carbocycles. The highest BCUT2D eigenvalue weighted by Crippen LogP contribution is 2.26. The molecule has 0 aliphatic rings. The Hall–Kier alpha value is -1.27. The molecule has 0 atom stereocenters. The van der Waals surface area contributed by atoms with Gasteiger partial charge in [0.15, 0.2) is 9.84 Å². The summed E-state index contributed by atoms with van der Waals surface area (Å²) >= 11 is 0. The van der Waals surface area contributed by atoms with Gasteiger partial charge in [-0.2, -0.15) is 0 Å². The van der Waals surface area contributed by atoms with Crippen LogP contribution in [0.15, 0.2) is 23.1 Å². The molecule has 1 rings (SSSR count). The van der Waals surface area contributed by atoms with Crippen molar-refractivity contribution in [3.05, 3.63) is 18.2 Å². The minimum absolute atomic E-state index is 0.0585. The predicted molar refractivity (Wildman–Crippen MR) is 75.2 cm³/mol. The smallest absolute Gasteiger partial charge is 0.184 e. The molecular formula is C13H21NO4S. The van der Waals surface area contributed by atoms with Gasteiger partial charge in [0.2, 0.25) is 0 Å². The molecular weight excluding hydrogens is 266 g/mol. The Balaban J connectivity index is 2.72. The van der Waals surface area contributed by atoms with Gasteiger partial charge in [-0.05, 0) is 18.6 Å². The molecule has 0 saturated heterocycles. The van der Waals surface area contributed by atoms with Gasteiger partial charge in [0, 0.05) is 18.4 Å². The summed E-state index contributed by atoms with van der Waals surface area (Å²) in [4.78, 5) is 0.156. The van der Waals surface area contributed by atoms with Gasteiger partial charge in [-0.25, -0.2) is 8.42 Å². The number of benzene rings is 1. The molecule has 6 heteroatoms. The Kier molecular flexibility index (Phi) is 6.11. The number of hydrogen-bond acceptors (Lipinski definition) is 5. The number of sulfone groups is 1. The highest BCUT2D eigenvalue weighted by Gasteiger charge is 2.19. The summed E-state index contributed by atoms with van der Waals surface area (Å²) in [5, 5.41) is 0. The normalized spacial score (nSPS) is 11.5. The van der Waals surface area contributed by atoms with Crippen LogP contribution in [0.4, 0.5) is 5.69 Å². The van der Waals surface area contributed by atoms with Crippen LogP contribution in [-0.2, 0) is 14.6 Å². The summed E-state index contributed by atoms with van der Waals surface area (Å²) < 4.78 is 34.7. The summed E-state index contributed by atoms with van der Waals surface area (Å²) in [6.07, 6.45) is 1.96. The van der Waals surface area contributed by atoms with Crippen molar-refractivity contribution >= 4 is 15.5 Å². The molecule has 0 radical (unpaired) electrons. The molecule has 0 fully saturated rings. The number of hydrogen-bond donors (Lipinski definition) is 1. The van der Waals surface area contributed by atoms with Crippen LogP contribution in [0.25, 0.3) is 0 Å². The van der Waals surface area contributed by atoms with Crippen LogP contribution in [0.2, 0.25) is 0 Å². The Morgan fingerprint density at radius 3 is 2.63 bits per heavy atom. The number of nitrogens with two attached hydrogens (primary N) is 1. The lowest BCUT2D eigenvalue weighted by Gasteiger charge is -2.10. The van der Waals surface area contributed by atoms with Crippen LogP contribution < -0.4 is 10.5 Å². The van der Waals surface area contributed by atoms with E-state index >= 15 is 0 Å². The van der Waals surface area contributed by atoms with Gasteiger partial charge in [0.1, 0.15) is 10.6 Å². The van der Waals surface area contributed by atoms with E-state index in [0.29, 0.717) is 12.3 Å². The Morgan fingerprint density at radius 1 is 1.26 bits per heavy atom. The van der Waals surface area contributed by atoms with Crippen LogP contribution in [0.3, 0.4) is 0 Å². The highest BCUT2D eigenvalue weighted by molar-refractivity contribution is 7.91. The van der Waals surface area contributed by atoms with E-state index in [1.54, 1.807) is 6.07 Å². The second-order valence-electron chi connectivity index (χ2n) is 4.20. The first-order chi connectivity index (χ1) is 9.01. The van der Waals surface area contributed by atoms with Gasteiger partial charge in [0.25, 0.3) is 0 Å². The summed E-state index contributed by atoms with van der Waals surface area (Å²) in [5.41, 5.74) is 6.07. The van der Waals surface area contributed by atoms with Crippen molar-refractivity contribution in [2.45, 2.75) is 24.7 Å². The second kappa shape index (κ2) is 7.35. The van der Waals surface area contributed by atoms with Crippen molar-refractivity contribution in [2.24, 2.45) is 0 Å². The molecule has 2 N–H and O–H groups in total. The zero-order valence-electron chi connectivity index (χ0n) is 11.4. The summed E-state index contributed by atoms with van der Waals surface area (Å²) in [7, 11) is -1.99. The first kappa shape index (κ1) is 15.8. The van der Waals surface area contributed by atoms with Crippen molar-refractivity contribution in [1.29, 1.82) is 0 Å². The molecule has 0 aliphatic heterocycles. The van der Waals surface area contributed by atoms with Crippen molar-refractivity contribution in [3.63, 3.8) is 0 Å². The SMILES string of the molecule is CCCCOCCS(=O)(=O)c1ccc(N)cc1OC. The molecule has 0 unspecified atom stereocenters. The molecule has 108 valence electrons. The fourth-order valence-corrected chi connectivity index (χ4v) is 2.85. The molecule has 0 bridgehead atoms. The van der Waals surface area contributed by atoms with Crippen molar-refractivity contribution in [3.8, 4) is 5.75 Å². The summed E-state index contributed by atoms with van der Waals surface area (Å²) in [6.45, 7) is 2.83. The second-order valence-corrected chi connectivity index (χ2v) is 6.27. The van der Waals surface area contributed by atoms with Gasteiger partial charge in [-0.1, -0.05) is 13.3 Å². The maximum Gasteiger partial charge on any atom is 0.184 e. The van der Waals surface area contributed by atoms with Crippen LogP contribution in [0.1, 0.15) is 19.8 Å². The minimum Gasteiger partial charge on any atom is -0.495 e. The topological polar surface area (TPSA) is 78.6 Å². The number of ether oxygens (including phenoxy) is 2. The van der Waals surface area contributed by atoms with Crippen LogP contribution in [0.5, 0.6) is 5.75 Å². The molecule has 1 aromatic rings. The third kappa shape index (κ3) is 4.72. The molecule has 0 heterocycles. The van der Waals surface area contributed by atoms with Gasteiger partial charge in [-0.15, -0.1) is 0 Å². The first-order valence-corrected chi connectivity index (χ1v) is 7.90. The fourth-order valence-electron chi connectivity index (χ4n) is 1.57. The lowest BCUT2D eigenvalue weighted by Crippen LogP contribution is -2.14.